The third kappa shape index (κ3) is 2.57. The SMILES string of the molecule is COc1cccc2cc(C(=O)NCC3(CO)CC3)c(=O)oc12. The molecular weight excluding hydrogens is 286 g/mol. The molecule has 0 unspecified atom stereocenters. The molecule has 1 aromatic carbocycles. The van der Waals surface area contributed by atoms with E-state index in [1.165, 1.54) is 13.2 Å². The molecule has 1 aromatic heterocycles. The van der Waals surface area contributed by atoms with Gasteiger partial charge in [-0.15, -0.1) is 0 Å². The number of fused-ring (bicyclic) bond motifs is 1. The standard InChI is InChI=1S/C16H17NO5/c1-21-12-4-2-3-10-7-11(15(20)22-13(10)12)14(19)17-8-16(9-18)5-6-16/h2-4,7,18H,5-6,8-9H2,1H3,(H,17,19). The number of aliphatic hydroxyl groups is 1. The summed E-state index contributed by atoms with van der Waals surface area (Å²) in [4.78, 5) is 24.2. The van der Waals surface area contributed by atoms with Gasteiger partial charge in [-0.1, -0.05) is 12.1 Å². The lowest BCUT2D eigenvalue weighted by molar-refractivity contribution is 0.0931. The van der Waals surface area contributed by atoms with Crippen LogP contribution >= 0.6 is 0 Å². The number of ether oxygens (including phenoxy) is 1. The number of amides is 1. The number of aliphatic hydroxyl groups excluding tert-OH is 1. The van der Waals surface area contributed by atoms with Crippen LogP contribution in [0.25, 0.3) is 11.0 Å². The topological polar surface area (TPSA) is 88.8 Å². The zero-order valence-corrected chi connectivity index (χ0v) is 12.2. The second-order valence-corrected chi connectivity index (χ2v) is 5.67. The molecule has 0 radical (unpaired) electrons. The van der Waals surface area contributed by atoms with E-state index < -0.39 is 11.5 Å². The minimum atomic E-state index is -0.705. The number of nitrogens with one attached hydrogen (secondary N) is 1. The summed E-state index contributed by atoms with van der Waals surface area (Å²) in [5.41, 5.74) is -0.644. The van der Waals surface area contributed by atoms with Crippen LogP contribution < -0.4 is 15.7 Å². The van der Waals surface area contributed by atoms with Crippen LogP contribution in [0.5, 0.6) is 5.75 Å². The molecule has 2 N–H and O–H groups in total. The summed E-state index contributed by atoms with van der Waals surface area (Å²) in [6.07, 6.45) is 1.76. The minimum absolute atomic E-state index is 0.0385. The molecule has 6 heteroatoms. The van der Waals surface area contributed by atoms with E-state index in [2.05, 4.69) is 5.32 Å². The molecule has 1 heterocycles. The molecule has 6 nitrogen and oxygen atoms in total. The Kier molecular flexibility index (Phi) is 3.62. The monoisotopic (exact) mass is 303 g/mol. The van der Waals surface area contributed by atoms with Crippen molar-refractivity contribution in [1.29, 1.82) is 0 Å². The number of carbonyl (C=O) groups is 1. The summed E-state index contributed by atoms with van der Waals surface area (Å²) in [7, 11) is 1.49. The summed E-state index contributed by atoms with van der Waals surface area (Å²) in [5, 5.41) is 12.6. The Morgan fingerprint density at radius 1 is 1.45 bits per heavy atom. The molecule has 1 fully saturated rings. The molecule has 0 spiro atoms. The van der Waals surface area contributed by atoms with E-state index in [0.717, 1.165) is 12.8 Å². The Hall–Kier alpha value is -2.34. The van der Waals surface area contributed by atoms with Crippen molar-refractivity contribution in [3.63, 3.8) is 0 Å². The fourth-order valence-corrected chi connectivity index (χ4v) is 2.37. The van der Waals surface area contributed by atoms with Crippen LogP contribution in [-0.2, 0) is 0 Å². The first kappa shape index (κ1) is 14.6. The number of rotatable bonds is 5. The molecule has 116 valence electrons. The van der Waals surface area contributed by atoms with Gasteiger partial charge in [-0.3, -0.25) is 4.79 Å². The number of hydrogen-bond acceptors (Lipinski definition) is 5. The van der Waals surface area contributed by atoms with Gasteiger partial charge < -0.3 is 19.6 Å². The average molecular weight is 303 g/mol. The van der Waals surface area contributed by atoms with Crippen LogP contribution in [0.3, 0.4) is 0 Å². The van der Waals surface area contributed by atoms with Gasteiger partial charge in [-0.25, -0.2) is 4.79 Å². The quantitative estimate of drug-likeness (QED) is 0.813. The average Bonchev–Trinajstić information content (AvgIpc) is 3.32. The maximum absolute atomic E-state index is 12.2. The van der Waals surface area contributed by atoms with Crippen molar-refractivity contribution in [3.8, 4) is 5.75 Å². The summed E-state index contributed by atoms with van der Waals surface area (Å²) in [5.74, 6) is -0.0445. The van der Waals surface area contributed by atoms with Crippen molar-refractivity contribution < 1.29 is 19.1 Å². The predicted octanol–water partition coefficient (Wildman–Crippen LogP) is 1.30. The lowest BCUT2D eigenvalue weighted by Gasteiger charge is -2.12. The van der Waals surface area contributed by atoms with E-state index in [4.69, 9.17) is 9.15 Å². The lowest BCUT2D eigenvalue weighted by atomic mass is 10.1. The second-order valence-electron chi connectivity index (χ2n) is 5.67. The highest BCUT2D eigenvalue weighted by molar-refractivity contribution is 5.97. The van der Waals surface area contributed by atoms with Crippen LogP contribution in [0.2, 0.25) is 0 Å². The molecular formula is C16H17NO5. The first-order chi connectivity index (χ1) is 10.6. The van der Waals surface area contributed by atoms with Gasteiger partial charge in [0.1, 0.15) is 5.56 Å². The summed E-state index contributed by atoms with van der Waals surface area (Å²) in [6, 6.07) is 6.68. The normalized spacial score (nSPS) is 15.5. The molecule has 2 aromatic rings. The fourth-order valence-electron chi connectivity index (χ4n) is 2.37. The third-order valence-electron chi connectivity index (χ3n) is 4.10. The van der Waals surface area contributed by atoms with Crippen molar-refractivity contribution in [2.75, 3.05) is 20.3 Å². The van der Waals surface area contributed by atoms with Gasteiger partial charge in [-0.2, -0.15) is 0 Å². The highest BCUT2D eigenvalue weighted by atomic mass is 16.5. The Balaban J connectivity index is 1.89. The smallest absolute Gasteiger partial charge is 0.349 e. The Morgan fingerprint density at radius 2 is 2.23 bits per heavy atom. The van der Waals surface area contributed by atoms with E-state index >= 15 is 0 Å². The summed E-state index contributed by atoms with van der Waals surface area (Å²) >= 11 is 0. The third-order valence-corrected chi connectivity index (χ3v) is 4.10. The predicted molar refractivity (Wildman–Crippen MR) is 80.1 cm³/mol. The van der Waals surface area contributed by atoms with Gasteiger partial charge in [0.05, 0.1) is 13.7 Å². The Bertz CT molecular complexity index is 776. The number of benzene rings is 1. The molecule has 0 atom stereocenters. The maximum Gasteiger partial charge on any atom is 0.349 e. The van der Waals surface area contributed by atoms with E-state index in [1.54, 1.807) is 18.2 Å². The molecule has 22 heavy (non-hydrogen) atoms. The van der Waals surface area contributed by atoms with Gasteiger partial charge in [0.25, 0.3) is 5.91 Å². The van der Waals surface area contributed by atoms with Gasteiger partial charge in [-0.05, 0) is 25.0 Å². The van der Waals surface area contributed by atoms with Gasteiger partial charge in [0.15, 0.2) is 11.3 Å². The van der Waals surface area contributed by atoms with Crippen LogP contribution in [0.15, 0.2) is 33.5 Å². The van der Waals surface area contributed by atoms with Crippen molar-refractivity contribution >= 4 is 16.9 Å². The molecule has 1 aliphatic carbocycles. The van der Waals surface area contributed by atoms with Gasteiger partial charge in [0.2, 0.25) is 0 Å². The first-order valence-electron chi connectivity index (χ1n) is 7.08. The zero-order chi connectivity index (χ0) is 15.7. The van der Waals surface area contributed by atoms with Crippen LogP contribution in [0, 0.1) is 5.41 Å². The van der Waals surface area contributed by atoms with Crippen LogP contribution in [-0.4, -0.2) is 31.3 Å². The number of para-hydroxylation sites is 1. The van der Waals surface area contributed by atoms with Crippen LogP contribution in [0.4, 0.5) is 0 Å². The second kappa shape index (κ2) is 5.46. The Morgan fingerprint density at radius 3 is 2.86 bits per heavy atom. The van der Waals surface area contributed by atoms with E-state index in [0.29, 0.717) is 23.3 Å². The first-order valence-corrected chi connectivity index (χ1v) is 7.08. The molecule has 0 aliphatic heterocycles. The van der Waals surface area contributed by atoms with Crippen molar-refractivity contribution in [2.45, 2.75) is 12.8 Å². The Labute approximate surface area is 126 Å². The lowest BCUT2D eigenvalue weighted by Crippen LogP contribution is -2.34. The van der Waals surface area contributed by atoms with Gasteiger partial charge >= 0.3 is 5.63 Å². The number of hydrogen-bond donors (Lipinski definition) is 2. The molecule has 1 saturated carbocycles. The summed E-state index contributed by atoms with van der Waals surface area (Å²) < 4.78 is 10.4. The largest absolute Gasteiger partial charge is 0.493 e. The van der Waals surface area contributed by atoms with Gasteiger partial charge in [0, 0.05) is 17.3 Å². The number of methoxy groups -OCH3 is 1. The number of carbonyl (C=O) groups excluding carboxylic acids is 1. The zero-order valence-electron chi connectivity index (χ0n) is 12.2. The molecule has 3 rings (SSSR count). The molecule has 1 aliphatic rings. The van der Waals surface area contributed by atoms with E-state index in [1.807, 2.05) is 0 Å². The highest BCUT2D eigenvalue weighted by Crippen LogP contribution is 2.44. The maximum atomic E-state index is 12.2. The molecule has 1 amide bonds. The molecule has 0 bridgehead atoms. The fraction of sp³-hybridized carbons (Fsp3) is 0.375. The van der Waals surface area contributed by atoms with Crippen molar-refractivity contribution in [3.05, 3.63) is 40.2 Å². The summed E-state index contributed by atoms with van der Waals surface area (Å²) in [6.45, 7) is 0.398. The highest BCUT2D eigenvalue weighted by Gasteiger charge is 2.42. The van der Waals surface area contributed by atoms with Crippen LogP contribution in [0.1, 0.15) is 23.2 Å². The minimum Gasteiger partial charge on any atom is -0.493 e. The molecule has 0 saturated heterocycles. The van der Waals surface area contributed by atoms with E-state index in [9.17, 15) is 14.7 Å². The van der Waals surface area contributed by atoms with Crippen molar-refractivity contribution in [2.24, 2.45) is 5.41 Å². The van der Waals surface area contributed by atoms with E-state index in [-0.39, 0.29) is 17.6 Å². The van der Waals surface area contributed by atoms with Crippen molar-refractivity contribution in [1.82, 2.24) is 5.32 Å².